The molecule has 7 heteroatoms. The molecule has 0 bridgehead atoms. The summed E-state index contributed by atoms with van der Waals surface area (Å²) in [4.78, 5) is 32.4. The summed E-state index contributed by atoms with van der Waals surface area (Å²) >= 11 is 2.02. The van der Waals surface area contributed by atoms with Gasteiger partial charge in [-0.1, -0.05) is 30.3 Å². The van der Waals surface area contributed by atoms with E-state index < -0.39 is 5.54 Å². The minimum atomic E-state index is -0.705. The largest absolute Gasteiger partial charge is 0.383 e. The molecule has 0 saturated carbocycles. The Labute approximate surface area is 171 Å². The topological polar surface area (TPSA) is 53.1 Å². The van der Waals surface area contributed by atoms with Crippen LogP contribution in [-0.2, 0) is 16.1 Å². The van der Waals surface area contributed by atoms with Crippen LogP contribution in [0.2, 0.25) is 0 Å². The van der Waals surface area contributed by atoms with E-state index in [0.29, 0.717) is 25.7 Å². The molecule has 152 valence electrons. The normalized spacial score (nSPS) is 25.2. The second-order valence-electron chi connectivity index (χ2n) is 7.89. The van der Waals surface area contributed by atoms with E-state index in [9.17, 15) is 9.59 Å². The van der Waals surface area contributed by atoms with Gasteiger partial charge in [0.05, 0.1) is 13.2 Å². The first-order valence-electron chi connectivity index (χ1n) is 10.1. The fourth-order valence-corrected chi connectivity index (χ4v) is 5.95. The van der Waals surface area contributed by atoms with Gasteiger partial charge in [0, 0.05) is 38.5 Å². The van der Waals surface area contributed by atoms with Crippen molar-refractivity contribution in [3.05, 3.63) is 35.9 Å². The number of urea groups is 1. The highest BCUT2D eigenvalue weighted by Gasteiger charge is 2.58. The third kappa shape index (κ3) is 3.55. The Hall–Kier alpha value is -1.57. The van der Waals surface area contributed by atoms with E-state index in [1.807, 2.05) is 47.0 Å². The van der Waals surface area contributed by atoms with E-state index >= 15 is 0 Å². The number of hydrogen-bond donors (Lipinski definition) is 0. The number of amides is 3. The highest BCUT2D eigenvalue weighted by Crippen LogP contribution is 2.39. The van der Waals surface area contributed by atoms with Gasteiger partial charge in [-0.3, -0.25) is 14.6 Å². The van der Waals surface area contributed by atoms with Crippen LogP contribution < -0.4 is 0 Å². The SMILES string of the molecule is COCCN1C(=O)N(Cc2ccccc2)C2(CCN([C@H]3CCSC3)CC2)C1=O. The molecule has 3 fully saturated rings. The summed E-state index contributed by atoms with van der Waals surface area (Å²) in [5.74, 6) is 2.38. The first-order chi connectivity index (χ1) is 13.7. The Morgan fingerprint density at radius 3 is 2.57 bits per heavy atom. The Morgan fingerprint density at radius 1 is 1.18 bits per heavy atom. The molecule has 6 nitrogen and oxygen atoms in total. The summed E-state index contributed by atoms with van der Waals surface area (Å²) in [7, 11) is 1.60. The van der Waals surface area contributed by atoms with Crippen molar-refractivity contribution >= 4 is 23.7 Å². The van der Waals surface area contributed by atoms with Crippen molar-refractivity contribution in [1.82, 2.24) is 14.7 Å². The molecular formula is C21H29N3O3S. The second-order valence-corrected chi connectivity index (χ2v) is 9.04. The Kier molecular flexibility index (Phi) is 5.94. The van der Waals surface area contributed by atoms with Crippen LogP contribution in [-0.4, -0.2) is 83.1 Å². The maximum Gasteiger partial charge on any atom is 0.328 e. The molecule has 1 aromatic carbocycles. The molecule has 3 amide bonds. The Bertz CT molecular complexity index is 700. The van der Waals surface area contributed by atoms with E-state index in [1.54, 1.807) is 7.11 Å². The maximum atomic E-state index is 13.4. The molecule has 0 unspecified atom stereocenters. The van der Waals surface area contributed by atoms with Gasteiger partial charge in [0.15, 0.2) is 0 Å². The lowest BCUT2D eigenvalue weighted by Crippen LogP contribution is -2.57. The molecule has 0 radical (unpaired) electrons. The van der Waals surface area contributed by atoms with E-state index in [-0.39, 0.29) is 11.9 Å². The number of rotatable bonds is 6. The number of likely N-dealkylation sites (tertiary alicyclic amines) is 1. The molecule has 1 spiro atoms. The number of piperidine rings is 1. The third-order valence-electron chi connectivity index (χ3n) is 6.37. The van der Waals surface area contributed by atoms with Crippen LogP contribution in [0.1, 0.15) is 24.8 Å². The van der Waals surface area contributed by atoms with Gasteiger partial charge in [-0.25, -0.2) is 4.79 Å². The van der Waals surface area contributed by atoms with Crippen molar-refractivity contribution in [2.24, 2.45) is 0 Å². The Balaban J connectivity index is 1.56. The van der Waals surface area contributed by atoms with Crippen LogP contribution in [0.15, 0.2) is 30.3 Å². The summed E-state index contributed by atoms with van der Waals surface area (Å²) in [5.41, 5.74) is 0.356. The third-order valence-corrected chi connectivity index (χ3v) is 7.52. The molecule has 0 aromatic heterocycles. The van der Waals surface area contributed by atoms with Crippen molar-refractivity contribution in [3.8, 4) is 0 Å². The molecule has 0 aliphatic carbocycles. The summed E-state index contributed by atoms with van der Waals surface area (Å²) in [5, 5.41) is 0. The summed E-state index contributed by atoms with van der Waals surface area (Å²) in [6.07, 6.45) is 2.67. The van der Waals surface area contributed by atoms with Gasteiger partial charge in [-0.15, -0.1) is 0 Å². The van der Waals surface area contributed by atoms with Crippen molar-refractivity contribution in [3.63, 3.8) is 0 Å². The number of ether oxygens (including phenoxy) is 1. The fraction of sp³-hybridized carbons (Fsp3) is 0.619. The monoisotopic (exact) mass is 403 g/mol. The van der Waals surface area contributed by atoms with Crippen molar-refractivity contribution in [2.75, 3.05) is 44.9 Å². The zero-order chi connectivity index (χ0) is 19.6. The number of thioether (sulfide) groups is 1. The number of nitrogens with zero attached hydrogens (tertiary/aromatic N) is 3. The predicted molar refractivity (Wildman–Crippen MR) is 110 cm³/mol. The molecule has 3 saturated heterocycles. The molecule has 28 heavy (non-hydrogen) atoms. The number of methoxy groups -OCH3 is 1. The summed E-state index contributed by atoms with van der Waals surface area (Å²) in [6, 6.07) is 10.4. The van der Waals surface area contributed by atoms with Gasteiger partial charge >= 0.3 is 6.03 Å². The van der Waals surface area contributed by atoms with Crippen molar-refractivity contribution in [2.45, 2.75) is 37.4 Å². The van der Waals surface area contributed by atoms with Crippen LogP contribution in [0.25, 0.3) is 0 Å². The molecule has 3 heterocycles. The van der Waals surface area contributed by atoms with Crippen LogP contribution in [0, 0.1) is 0 Å². The quantitative estimate of drug-likeness (QED) is 0.683. The number of benzene rings is 1. The smallest absolute Gasteiger partial charge is 0.328 e. The fourth-order valence-electron chi connectivity index (χ4n) is 4.70. The average molecular weight is 404 g/mol. The highest BCUT2D eigenvalue weighted by molar-refractivity contribution is 7.99. The second kappa shape index (κ2) is 8.43. The first-order valence-corrected chi connectivity index (χ1v) is 11.3. The lowest BCUT2D eigenvalue weighted by Gasteiger charge is -2.44. The maximum absolute atomic E-state index is 13.4. The molecule has 0 N–H and O–H groups in total. The van der Waals surface area contributed by atoms with E-state index in [4.69, 9.17) is 4.74 Å². The summed E-state index contributed by atoms with van der Waals surface area (Å²) in [6.45, 7) is 2.94. The zero-order valence-electron chi connectivity index (χ0n) is 16.5. The molecule has 1 atom stereocenters. The van der Waals surface area contributed by atoms with Crippen LogP contribution >= 0.6 is 11.8 Å². The molecule has 3 aliphatic heterocycles. The lowest BCUT2D eigenvalue weighted by molar-refractivity contribution is -0.136. The van der Waals surface area contributed by atoms with E-state index in [1.165, 1.54) is 22.8 Å². The van der Waals surface area contributed by atoms with E-state index in [2.05, 4.69) is 4.90 Å². The van der Waals surface area contributed by atoms with Crippen LogP contribution in [0.3, 0.4) is 0 Å². The predicted octanol–water partition coefficient (Wildman–Crippen LogP) is 2.44. The van der Waals surface area contributed by atoms with Crippen LogP contribution in [0.4, 0.5) is 4.79 Å². The standard InChI is InChI=1S/C21H29N3O3S/c1-27-13-12-23-19(25)21(8-10-22(11-9-21)18-7-14-28-16-18)24(20(23)26)15-17-5-3-2-4-6-17/h2-6,18H,7-16H2,1H3/t18-/m0/s1. The van der Waals surface area contributed by atoms with Gasteiger partial charge in [-0.2, -0.15) is 11.8 Å². The number of carbonyl (C=O) groups excluding carboxylic acids is 2. The lowest BCUT2D eigenvalue weighted by atomic mass is 9.85. The van der Waals surface area contributed by atoms with Gasteiger partial charge in [-0.05, 0) is 30.6 Å². The van der Waals surface area contributed by atoms with Gasteiger partial charge in [0.2, 0.25) is 0 Å². The molecule has 3 aliphatic rings. The van der Waals surface area contributed by atoms with E-state index in [0.717, 1.165) is 31.5 Å². The van der Waals surface area contributed by atoms with Crippen LogP contribution in [0.5, 0.6) is 0 Å². The minimum absolute atomic E-state index is 0.0362. The average Bonchev–Trinajstić information content (AvgIpc) is 3.32. The van der Waals surface area contributed by atoms with Crippen molar-refractivity contribution in [1.29, 1.82) is 0 Å². The zero-order valence-corrected chi connectivity index (χ0v) is 17.3. The number of carbonyl (C=O) groups is 2. The van der Waals surface area contributed by atoms with Gasteiger partial charge in [0.1, 0.15) is 5.54 Å². The highest BCUT2D eigenvalue weighted by atomic mass is 32.2. The molecule has 1 aromatic rings. The first kappa shape index (κ1) is 19.7. The summed E-state index contributed by atoms with van der Waals surface area (Å²) < 4.78 is 5.14. The minimum Gasteiger partial charge on any atom is -0.383 e. The van der Waals surface area contributed by atoms with Gasteiger partial charge < -0.3 is 9.64 Å². The Morgan fingerprint density at radius 2 is 1.93 bits per heavy atom. The van der Waals surface area contributed by atoms with Gasteiger partial charge in [0.25, 0.3) is 5.91 Å². The molecular weight excluding hydrogens is 374 g/mol. The molecule has 4 rings (SSSR count). The number of hydrogen-bond acceptors (Lipinski definition) is 5. The van der Waals surface area contributed by atoms with Crippen molar-refractivity contribution < 1.29 is 14.3 Å². The number of imide groups is 1.